The van der Waals surface area contributed by atoms with Crippen molar-refractivity contribution in [3.63, 3.8) is 0 Å². The maximum absolute atomic E-state index is 5.47. The molecule has 1 aliphatic heterocycles. The summed E-state index contributed by atoms with van der Waals surface area (Å²) in [4.78, 5) is 0. The Morgan fingerprint density at radius 3 is 2.36 bits per heavy atom. The van der Waals surface area contributed by atoms with Gasteiger partial charge in [0.15, 0.2) is 0 Å². The molecule has 1 heterocycles. The van der Waals surface area contributed by atoms with Gasteiger partial charge in [-0.2, -0.15) is 0 Å². The number of nitrogens with one attached hydrogen (secondary N) is 1. The molecule has 1 fully saturated rings. The summed E-state index contributed by atoms with van der Waals surface area (Å²) in [6.45, 7) is 7.81. The monoisotopic (exact) mass is 201 g/mol. The smallest absolute Gasteiger partial charge is 0.0700 e. The van der Waals surface area contributed by atoms with Gasteiger partial charge in [-0.1, -0.05) is 13.3 Å². The molecular weight excluding hydrogens is 178 g/mol. The summed E-state index contributed by atoms with van der Waals surface area (Å²) < 4.78 is 10.9. The number of hydrogen-bond acceptors (Lipinski definition) is 3. The SMILES string of the molecule is CCCCOCCOCCC1CNC1. The zero-order valence-corrected chi connectivity index (χ0v) is 9.26. The Morgan fingerprint density at radius 2 is 1.79 bits per heavy atom. The van der Waals surface area contributed by atoms with E-state index in [1.165, 1.54) is 25.9 Å². The minimum atomic E-state index is 0.753. The highest BCUT2D eigenvalue weighted by Crippen LogP contribution is 2.07. The van der Waals surface area contributed by atoms with Gasteiger partial charge in [-0.05, 0) is 31.8 Å². The van der Waals surface area contributed by atoms with Gasteiger partial charge in [-0.3, -0.25) is 0 Å². The average Bonchev–Trinajstić information content (AvgIpc) is 2.13. The van der Waals surface area contributed by atoms with Crippen molar-refractivity contribution in [1.82, 2.24) is 5.32 Å². The van der Waals surface area contributed by atoms with Gasteiger partial charge in [0, 0.05) is 13.2 Å². The maximum Gasteiger partial charge on any atom is 0.0700 e. The normalized spacial score (nSPS) is 16.9. The molecule has 3 nitrogen and oxygen atoms in total. The zero-order valence-electron chi connectivity index (χ0n) is 9.26. The highest BCUT2D eigenvalue weighted by atomic mass is 16.5. The van der Waals surface area contributed by atoms with Gasteiger partial charge in [-0.25, -0.2) is 0 Å². The molecule has 0 bridgehead atoms. The van der Waals surface area contributed by atoms with Crippen LogP contribution >= 0.6 is 0 Å². The summed E-state index contributed by atoms with van der Waals surface area (Å²) in [5.41, 5.74) is 0. The van der Waals surface area contributed by atoms with Crippen LogP contribution in [-0.2, 0) is 9.47 Å². The molecule has 3 heteroatoms. The van der Waals surface area contributed by atoms with Crippen LogP contribution in [0.15, 0.2) is 0 Å². The lowest BCUT2D eigenvalue weighted by Crippen LogP contribution is -2.42. The summed E-state index contributed by atoms with van der Waals surface area (Å²) in [5.74, 6) is 0.857. The first-order valence-electron chi connectivity index (χ1n) is 5.79. The predicted molar refractivity (Wildman–Crippen MR) is 57.5 cm³/mol. The Bertz CT molecular complexity index is 126. The zero-order chi connectivity index (χ0) is 10.1. The fourth-order valence-corrected chi connectivity index (χ4v) is 1.37. The highest BCUT2D eigenvalue weighted by Gasteiger charge is 2.15. The van der Waals surface area contributed by atoms with E-state index in [0.29, 0.717) is 0 Å². The van der Waals surface area contributed by atoms with Gasteiger partial charge >= 0.3 is 0 Å². The van der Waals surface area contributed by atoms with E-state index in [0.717, 1.165) is 38.8 Å². The molecule has 0 aromatic heterocycles. The molecule has 0 amide bonds. The molecule has 0 spiro atoms. The lowest BCUT2D eigenvalue weighted by atomic mass is 10.0. The molecule has 1 aliphatic rings. The first kappa shape index (κ1) is 12.0. The molecule has 0 atom stereocenters. The van der Waals surface area contributed by atoms with Crippen molar-refractivity contribution in [3.8, 4) is 0 Å². The van der Waals surface area contributed by atoms with Crippen molar-refractivity contribution in [2.24, 2.45) is 5.92 Å². The van der Waals surface area contributed by atoms with Crippen molar-refractivity contribution < 1.29 is 9.47 Å². The fraction of sp³-hybridized carbons (Fsp3) is 1.00. The minimum absolute atomic E-state index is 0.753. The van der Waals surface area contributed by atoms with Crippen LogP contribution in [0.1, 0.15) is 26.2 Å². The third-order valence-corrected chi connectivity index (χ3v) is 2.55. The average molecular weight is 201 g/mol. The molecule has 1 N–H and O–H groups in total. The summed E-state index contributed by atoms with van der Waals surface area (Å²) in [5, 5.41) is 3.26. The standard InChI is InChI=1S/C11H23NO2/c1-2-3-5-13-7-8-14-6-4-11-9-12-10-11/h11-12H,2-10H2,1H3. The Morgan fingerprint density at radius 1 is 1.07 bits per heavy atom. The van der Waals surface area contributed by atoms with Crippen molar-refractivity contribution in [3.05, 3.63) is 0 Å². The van der Waals surface area contributed by atoms with Gasteiger partial charge in [0.2, 0.25) is 0 Å². The van der Waals surface area contributed by atoms with E-state index in [2.05, 4.69) is 12.2 Å². The molecule has 0 aliphatic carbocycles. The second-order valence-corrected chi connectivity index (χ2v) is 3.89. The number of unbranched alkanes of at least 4 members (excludes halogenated alkanes) is 1. The van der Waals surface area contributed by atoms with Gasteiger partial charge < -0.3 is 14.8 Å². The molecule has 84 valence electrons. The molecule has 0 unspecified atom stereocenters. The Balaban J connectivity index is 1.67. The van der Waals surface area contributed by atoms with Crippen molar-refractivity contribution in [1.29, 1.82) is 0 Å². The maximum atomic E-state index is 5.47. The largest absolute Gasteiger partial charge is 0.379 e. The Hall–Kier alpha value is -0.120. The minimum Gasteiger partial charge on any atom is -0.379 e. The van der Waals surface area contributed by atoms with E-state index < -0.39 is 0 Å². The molecule has 1 saturated heterocycles. The van der Waals surface area contributed by atoms with E-state index in [1.807, 2.05) is 0 Å². The van der Waals surface area contributed by atoms with Crippen molar-refractivity contribution >= 4 is 0 Å². The van der Waals surface area contributed by atoms with Crippen LogP contribution in [0.4, 0.5) is 0 Å². The Kier molecular flexibility index (Phi) is 7.01. The molecule has 14 heavy (non-hydrogen) atoms. The lowest BCUT2D eigenvalue weighted by molar-refractivity contribution is 0.0395. The molecule has 0 saturated carbocycles. The first-order chi connectivity index (χ1) is 6.93. The van der Waals surface area contributed by atoms with E-state index in [1.54, 1.807) is 0 Å². The molecule has 1 rings (SSSR count). The molecular formula is C11H23NO2. The van der Waals surface area contributed by atoms with E-state index in [4.69, 9.17) is 9.47 Å². The van der Waals surface area contributed by atoms with Crippen LogP contribution in [0.25, 0.3) is 0 Å². The van der Waals surface area contributed by atoms with Crippen molar-refractivity contribution in [2.75, 3.05) is 39.5 Å². The second kappa shape index (κ2) is 8.21. The van der Waals surface area contributed by atoms with Gasteiger partial charge in [0.25, 0.3) is 0 Å². The molecule has 0 radical (unpaired) electrons. The Labute approximate surface area is 87.2 Å². The fourth-order valence-electron chi connectivity index (χ4n) is 1.37. The van der Waals surface area contributed by atoms with Gasteiger partial charge in [0.05, 0.1) is 13.2 Å². The van der Waals surface area contributed by atoms with Crippen LogP contribution < -0.4 is 5.32 Å². The van der Waals surface area contributed by atoms with Crippen LogP contribution in [-0.4, -0.2) is 39.5 Å². The van der Waals surface area contributed by atoms with Crippen LogP contribution in [0, 0.1) is 5.92 Å². The summed E-state index contributed by atoms with van der Waals surface area (Å²) in [7, 11) is 0. The third-order valence-electron chi connectivity index (χ3n) is 2.55. The molecule has 0 aromatic rings. The summed E-state index contributed by atoms with van der Waals surface area (Å²) in [6, 6.07) is 0. The number of ether oxygens (including phenoxy) is 2. The summed E-state index contributed by atoms with van der Waals surface area (Å²) >= 11 is 0. The van der Waals surface area contributed by atoms with E-state index in [-0.39, 0.29) is 0 Å². The second-order valence-electron chi connectivity index (χ2n) is 3.89. The third kappa shape index (κ3) is 5.58. The quantitative estimate of drug-likeness (QED) is 0.572. The predicted octanol–water partition coefficient (Wildman–Crippen LogP) is 1.43. The number of hydrogen-bond donors (Lipinski definition) is 1. The van der Waals surface area contributed by atoms with Crippen LogP contribution in [0.3, 0.4) is 0 Å². The van der Waals surface area contributed by atoms with Gasteiger partial charge in [0.1, 0.15) is 0 Å². The topological polar surface area (TPSA) is 30.5 Å². The summed E-state index contributed by atoms with van der Waals surface area (Å²) in [6.07, 6.45) is 3.56. The highest BCUT2D eigenvalue weighted by molar-refractivity contribution is 4.73. The van der Waals surface area contributed by atoms with Crippen molar-refractivity contribution in [2.45, 2.75) is 26.2 Å². The van der Waals surface area contributed by atoms with Crippen LogP contribution in [0.5, 0.6) is 0 Å². The van der Waals surface area contributed by atoms with Gasteiger partial charge in [-0.15, -0.1) is 0 Å². The molecule has 0 aromatic carbocycles. The van der Waals surface area contributed by atoms with E-state index in [9.17, 15) is 0 Å². The van der Waals surface area contributed by atoms with E-state index >= 15 is 0 Å². The number of rotatable bonds is 9. The van der Waals surface area contributed by atoms with Crippen LogP contribution in [0.2, 0.25) is 0 Å². The first-order valence-corrected chi connectivity index (χ1v) is 5.79. The lowest BCUT2D eigenvalue weighted by Gasteiger charge is -2.26.